The zero-order valence-electron chi connectivity index (χ0n) is 21.7. The van der Waals surface area contributed by atoms with E-state index in [4.69, 9.17) is 9.72 Å². The van der Waals surface area contributed by atoms with Crippen molar-refractivity contribution in [1.82, 2.24) is 9.55 Å². The Bertz CT molecular complexity index is 1360. The fourth-order valence-corrected chi connectivity index (χ4v) is 5.13. The van der Waals surface area contributed by atoms with Gasteiger partial charge in [-0.05, 0) is 53.3 Å². The number of nitrogens with zero attached hydrogens (tertiary/aromatic N) is 3. The molecule has 0 saturated carbocycles. The molecule has 1 aromatic heterocycles. The first-order valence-corrected chi connectivity index (χ1v) is 12.9. The van der Waals surface area contributed by atoms with E-state index in [-0.39, 0.29) is 17.2 Å². The molecule has 3 aromatic carbocycles. The van der Waals surface area contributed by atoms with Crippen molar-refractivity contribution in [2.75, 3.05) is 18.1 Å². The molecular weight excluding hydrogens is 446 g/mol. The van der Waals surface area contributed by atoms with E-state index in [1.54, 1.807) is 0 Å². The Balaban J connectivity index is 1.37. The lowest BCUT2D eigenvalue weighted by molar-refractivity contribution is -0.117. The van der Waals surface area contributed by atoms with Crippen LogP contribution in [-0.2, 0) is 23.2 Å². The van der Waals surface area contributed by atoms with Crippen molar-refractivity contribution in [1.29, 1.82) is 0 Å². The number of amides is 1. The van der Waals surface area contributed by atoms with Gasteiger partial charge < -0.3 is 14.2 Å². The molecule has 0 N–H and O–H groups in total. The predicted molar refractivity (Wildman–Crippen MR) is 146 cm³/mol. The van der Waals surface area contributed by atoms with Gasteiger partial charge in [0.2, 0.25) is 5.91 Å². The van der Waals surface area contributed by atoms with Crippen LogP contribution in [0.25, 0.3) is 11.0 Å². The van der Waals surface area contributed by atoms with Gasteiger partial charge in [-0.2, -0.15) is 0 Å². The average Bonchev–Trinajstić information content (AvgIpc) is 3.44. The number of ether oxygens (including phenoxy) is 1. The molecule has 1 amide bonds. The Hall–Kier alpha value is -3.60. The average molecular weight is 482 g/mol. The van der Waals surface area contributed by atoms with E-state index in [0.29, 0.717) is 26.1 Å². The van der Waals surface area contributed by atoms with Crippen molar-refractivity contribution in [2.24, 2.45) is 0 Å². The maximum Gasteiger partial charge on any atom is 0.227 e. The van der Waals surface area contributed by atoms with Crippen molar-refractivity contribution in [3.8, 4) is 5.75 Å². The first-order valence-electron chi connectivity index (χ1n) is 12.9. The van der Waals surface area contributed by atoms with Crippen LogP contribution in [0, 0.1) is 0 Å². The second-order valence-electron chi connectivity index (χ2n) is 10.6. The summed E-state index contributed by atoms with van der Waals surface area (Å²) in [6, 6.07) is 24.8. The molecule has 1 aliphatic heterocycles. The lowest BCUT2D eigenvalue weighted by atomic mass is 9.87. The summed E-state index contributed by atoms with van der Waals surface area (Å²) >= 11 is 0. The van der Waals surface area contributed by atoms with Gasteiger partial charge in [-0.25, -0.2) is 4.98 Å². The van der Waals surface area contributed by atoms with Gasteiger partial charge in [-0.3, -0.25) is 4.79 Å². The number of carbonyl (C=O) groups is 1. The number of imidazole rings is 1. The molecule has 4 aromatic rings. The van der Waals surface area contributed by atoms with Crippen molar-refractivity contribution in [2.45, 2.75) is 58.4 Å². The summed E-state index contributed by atoms with van der Waals surface area (Å²) in [4.78, 5) is 20.1. The number of benzene rings is 3. The molecule has 0 aliphatic carbocycles. The van der Waals surface area contributed by atoms with Gasteiger partial charge in [0, 0.05) is 24.6 Å². The molecule has 5 nitrogen and oxygen atoms in total. The summed E-state index contributed by atoms with van der Waals surface area (Å²) in [6.07, 6.45) is 1.37. The summed E-state index contributed by atoms with van der Waals surface area (Å²) in [6.45, 7) is 10.6. The summed E-state index contributed by atoms with van der Waals surface area (Å²) in [5.74, 6) is 2.04. The number of aromatic nitrogens is 2. The minimum Gasteiger partial charge on any atom is -0.492 e. The molecule has 2 heterocycles. The molecule has 0 spiro atoms. The van der Waals surface area contributed by atoms with Crippen molar-refractivity contribution >= 4 is 22.6 Å². The van der Waals surface area contributed by atoms with Gasteiger partial charge in [0.25, 0.3) is 0 Å². The second-order valence-corrected chi connectivity index (χ2v) is 10.6. The van der Waals surface area contributed by atoms with Crippen LogP contribution in [0.5, 0.6) is 5.75 Å². The second kappa shape index (κ2) is 9.81. The number of carbonyl (C=O) groups excluding carboxylic acids is 1. The van der Waals surface area contributed by atoms with Gasteiger partial charge in [-0.1, -0.05) is 70.2 Å². The minimum absolute atomic E-state index is 0.0425. The normalized spacial score (nSPS) is 16.2. The predicted octanol–water partition coefficient (Wildman–Crippen LogP) is 6.50. The number of fused-ring (bicyclic) bond motifs is 1. The number of aryl methyl sites for hydroxylation is 1. The van der Waals surface area contributed by atoms with Crippen LogP contribution >= 0.6 is 0 Å². The van der Waals surface area contributed by atoms with Gasteiger partial charge in [-0.15, -0.1) is 0 Å². The number of hydrogen-bond acceptors (Lipinski definition) is 3. The number of para-hydroxylation sites is 3. The molecule has 0 bridgehead atoms. The van der Waals surface area contributed by atoms with Crippen LogP contribution in [0.15, 0.2) is 72.8 Å². The van der Waals surface area contributed by atoms with Crippen LogP contribution in [0.2, 0.25) is 0 Å². The lowest BCUT2D eigenvalue weighted by Crippen LogP contribution is -2.25. The number of hydrogen-bond donors (Lipinski definition) is 0. The van der Waals surface area contributed by atoms with E-state index in [2.05, 4.69) is 62.6 Å². The van der Waals surface area contributed by atoms with E-state index >= 15 is 0 Å². The van der Waals surface area contributed by atoms with E-state index in [0.717, 1.165) is 34.7 Å². The van der Waals surface area contributed by atoms with E-state index in [1.165, 1.54) is 11.1 Å². The molecule has 1 unspecified atom stereocenters. The highest BCUT2D eigenvalue weighted by atomic mass is 16.5. The highest BCUT2D eigenvalue weighted by molar-refractivity contribution is 5.97. The van der Waals surface area contributed by atoms with Crippen LogP contribution < -0.4 is 9.64 Å². The molecule has 1 fully saturated rings. The third-order valence-electron chi connectivity index (χ3n) is 7.14. The van der Waals surface area contributed by atoms with Gasteiger partial charge >= 0.3 is 0 Å². The van der Waals surface area contributed by atoms with Crippen LogP contribution in [0.1, 0.15) is 57.0 Å². The van der Waals surface area contributed by atoms with E-state index < -0.39 is 0 Å². The van der Waals surface area contributed by atoms with E-state index in [9.17, 15) is 4.79 Å². The maximum absolute atomic E-state index is 13.1. The topological polar surface area (TPSA) is 47.4 Å². The zero-order chi connectivity index (χ0) is 25.3. The smallest absolute Gasteiger partial charge is 0.227 e. The van der Waals surface area contributed by atoms with Gasteiger partial charge in [0.15, 0.2) is 0 Å². The van der Waals surface area contributed by atoms with Gasteiger partial charge in [0.05, 0.1) is 17.6 Å². The largest absolute Gasteiger partial charge is 0.492 e. The standard InChI is InChI=1S/C31H35N3O2/c1-5-22-10-6-8-12-27(22)34-21-23(20-29(34)35)30-32-26-11-7-9-13-28(26)33(30)18-19-36-25-16-14-24(15-17-25)31(2,3)4/h6-17,23H,5,18-21H2,1-4H3. The zero-order valence-corrected chi connectivity index (χ0v) is 21.7. The lowest BCUT2D eigenvalue weighted by Gasteiger charge is -2.20. The van der Waals surface area contributed by atoms with Crippen molar-refractivity contribution in [3.05, 3.63) is 89.7 Å². The quantitative estimate of drug-likeness (QED) is 0.303. The fraction of sp³-hybridized carbons (Fsp3) is 0.355. The first-order chi connectivity index (χ1) is 17.3. The fourth-order valence-electron chi connectivity index (χ4n) is 5.13. The third kappa shape index (κ3) is 4.75. The molecule has 5 heteroatoms. The third-order valence-corrected chi connectivity index (χ3v) is 7.14. The molecule has 5 rings (SSSR count). The maximum atomic E-state index is 13.1. The summed E-state index contributed by atoms with van der Waals surface area (Å²) in [7, 11) is 0. The summed E-state index contributed by atoms with van der Waals surface area (Å²) < 4.78 is 8.37. The number of rotatable bonds is 7. The molecule has 36 heavy (non-hydrogen) atoms. The Morgan fingerprint density at radius 3 is 2.44 bits per heavy atom. The summed E-state index contributed by atoms with van der Waals surface area (Å²) in [5, 5.41) is 0. The molecule has 0 radical (unpaired) electrons. The minimum atomic E-state index is 0.0425. The summed E-state index contributed by atoms with van der Waals surface area (Å²) in [5.41, 5.74) is 5.68. The van der Waals surface area contributed by atoms with Crippen LogP contribution in [0.4, 0.5) is 5.69 Å². The van der Waals surface area contributed by atoms with Gasteiger partial charge in [0.1, 0.15) is 18.2 Å². The Kier molecular flexibility index (Phi) is 6.57. The number of anilines is 1. The molecule has 186 valence electrons. The SMILES string of the molecule is CCc1ccccc1N1CC(c2nc3ccccc3n2CCOc2ccc(C(C)(C)C)cc2)CC1=O. The van der Waals surface area contributed by atoms with Crippen LogP contribution in [0.3, 0.4) is 0 Å². The Labute approximate surface area is 213 Å². The first kappa shape index (κ1) is 24.1. The highest BCUT2D eigenvalue weighted by Crippen LogP contribution is 2.35. The Morgan fingerprint density at radius 1 is 0.972 bits per heavy atom. The van der Waals surface area contributed by atoms with Crippen LogP contribution in [-0.4, -0.2) is 28.6 Å². The monoisotopic (exact) mass is 481 g/mol. The molecule has 1 atom stereocenters. The highest BCUT2D eigenvalue weighted by Gasteiger charge is 2.35. The molecule has 1 saturated heterocycles. The molecule has 1 aliphatic rings. The molecular formula is C31H35N3O2. The van der Waals surface area contributed by atoms with E-state index in [1.807, 2.05) is 47.4 Å². The Morgan fingerprint density at radius 2 is 1.69 bits per heavy atom. The van der Waals surface area contributed by atoms with Crippen molar-refractivity contribution in [3.63, 3.8) is 0 Å². The van der Waals surface area contributed by atoms with Crippen molar-refractivity contribution < 1.29 is 9.53 Å².